The van der Waals surface area contributed by atoms with Crippen LogP contribution in [0.15, 0.2) is 30.6 Å². The molecule has 0 aliphatic rings. The molecular formula is C16H17N3O4. The standard InChI is InChI=1S/C16H17N3O4/c1-9(2)23-14-5-4-11(16(21)22)6-12(14)19-15(20)13-8-17-10(3)7-18-13/h4-9H,1-3H3,(H,19,20)(H,21,22). The third kappa shape index (κ3) is 4.26. The van der Waals surface area contributed by atoms with Crippen molar-refractivity contribution in [3.63, 3.8) is 0 Å². The number of benzene rings is 1. The molecule has 1 aromatic carbocycles. The molecule has 2 aromatic rings. The van der Waals surface area contributed by atoms with Crippen LogP contribution < -0.4 is 10.1 Å². The molecule has 2 rings (SSSR count). The maximum Gasteiger partial charge on any atom is 0.335 e. The number of hydrogen-bond acceptors (Lipinski definition) is 5. The lowest BCUT2D eigenvalue weighted by molar-refractivity contribution is 0.0696. The molecule has 0 aliphatic carbocycles. The molecule has 1 heterocycles. The number of ether oxygens (including phenoxy) is 1. The molecule has 7 nitrogen and oxygen atoms in total. The van der Waals surface area contributed by atoms with Crippen molar-refractivity contribution in [2.45, 2.75) is 26.9 Å². The van der Waals surface area contributed by atoms with Crippen LogP contribution in [0, 0.1) is 6.92 Å². The number of nitrogens with zero attached hydrogens (tertiary/aromatic N) is 2. The summed E-state index contributed by atoms with van der Waals surface area (Å²) in [7, 11) is 0. The van der Waals surface area contributed by atoms with E-state index in [-0.39, 0.29) is 23.0 Å². The zero-order chi connectivity index (χ0) is 17.0. The summed E-state index contributed by atoms with van der Waals surface area (Å²) in [6, 6.07) is 4.28. The molecular weight excluding hydrogens is 298 g/mol. The number of carbonyl (C=O) groups is 2. The molecule has 0 spiro atoms. The molecule has 0 fully saturated rings. The van der Waals surface area contributed by atoms with E-state index in [1.807, 2.05) is 13.8 Å². The van der Waals surface area contributed by atoms with E-state index >= 15 is 0 Å². The maximum atomic E-state index is 12.2. The third-order valence-corrected chi connectivity index (χ3v) is 2.85. The van der Waals surface area contributed by atoms with Crippen LogP contribution in [0.25, 0.3) is 0 Å². The van der Waals surface area contributed by atoms with Crippen LogP contribution in [-0.4, -0.2) is 33.1 Å². The first kappa shape index (κ1) is 16.4. The van der Waals surface area contributed by atoms with Gasteiger partial charge in [0.2, 0.25) is 0 Å². The monoisotopic (exact) mass is 315 g/mol. The number of aromatic nitrogens is 2. The highest BCUT2D eigenvalue weighted by atomic mass is 16.5. The van der Waals surface area contributed by atoms with Gasteiger partial charge in [0, 0.05) is 6.20 Å². The Kier molecular flexibility index (Phi) is 4.90. The predicted octanol–water partition coefficient (Wildman–Crippen LogP) is 2.52. The van der Waals surface area contributed by atoms with Gasteiger partial charge in [-0.3, -0.25) is 9.78 Å². The molecule has 1 amide bonds. The van der Waals surface area contributed by atoms with Crippen molar-refractivity contribution in [2.75, 3.05) is 5.32 Å². The number of carboxylic acids is 1. The largest absolute Gasteiger partial charge is 0.489 e. The predicted molar refractivity (Wildman–Crippen MR) is 83.9 cm³/mol. The van der Waals surface area contributed by atoms with Crippen molar-refractivity contribution in [3.05, 3.63) is 47.5 Å². The van der Waals surface area contributed by atoms with E-state index in [0.29, 0.717) is 11.4 Å². The molecule has 1 aromatic heterocycles. The van der Waals surface area contributed by atoms with Gasteiger partial charge in [0.1, 0.15) is 11.4 Å². The topological polar surface area (TPSA) is 101 Å². The molecule has 2 N–H and O–H groups in total. The Morgan fingerprint density at radius 3 is 2.52 bits per heavy atom. The molecule has 0 saturated carbocycles. The van der Waals surface area contributed by atoms with Crippen LogP contribution in [0.2, 0.25) is 0 Å². The van der Waals surface area contributed by atoms with Crippen LogP contribution >= 0.6 is 0 Å². The fraction of sp³-hybridized carbons (Fsp3) is 0.250. The number of carbonyl (C=O) groups excluding carboxylic acids is 1. The van der Waals surface area contributed by atoms with Gasteiger partial charge in [0.25, 0.3) is 5.91 Å². The van der Waals surface area contributed by atoms with Crippen molar-refractivity contribution in [1.82, 2.24) is 9.97 Å². The second-order valence-corrected chi connectivity index (χ2v) is 5.18. The Hall–Kier alpha value is -2.96. The molecule has 0 unspecified atom stereocenters. The summed E-state index contributed by atoms with van der Waals surface area (Å²) in [5.74, 6) is -1.20. The number of anilines is 1. The number of nitrogens with one attached hydrogen (secondary N) is 1. The van der Waals surface area contributed by atoms with Crippen LogP contribution in [0.1, 0.15) is 40.4 Å². The Morgan fingerprint density at radius 2 is 1.96 bits per heavy atom. The summed E-state index contributed by atoms with van der Waals surface area (Å²) < 4.78 is 5.59. The smallest absolute Gasteiger partial charge is 0.335 e. The second-order valence-electron chi connectivity index (χ2n) is 5.18. The Balaban J connectivity index is 2.31. The Bertz CT molecular complexity index is 727. The number of hydrogen-bond donors (Lipinski definition) is 2. The number of aryl methyl sites for hydroxylation is 1. The van der Waals surface area contributed by atoms with E-state index in [4.69, 9.17) is 9.84 Å². The maximum absolute atomic E-state index is 12.2. The van der Waals surface area contributed by atoms with Crippen molar-refractivity contribution < 1.29 is 19.4 Å². The number of amides is 1. The van der Waals surface area contributed by atoms with Gasteiger partial charge in [-0.1, -0.05) is 0 Å². The van der Waals surface area contributed by atoms with E-state index in [1.165, 1.54) is 30.6 Å². The molecule has 0 atom stereocenters. The summed E-state index contributed by atoms with van der Waals surface area (Å²) in [4.78, 5) is 31.3. The summed E-state index contributed by atoms with van der Waals surface area (Å²) >= 11 is 0. The first-order valence-corrected chi connectivity index (χ1v) is 7.01. The lowest BCUT2D eigenvalue weighted by atomic mass is 10.2. The first-order valence-electron chi connectivity index (χ1n) is 7.01. The summed E-state index contributed by atoms with van der Waals surface area (Å²) in [5.41, 5.74) is 1.14. The fourth-order valence-corrected chi connectivity index (χ4v) is 1.81. The van der Waals surface area contributed by atoms with Crippen molar-refractivity contribution in [1.29, 1.82) is 0 Å². The van der Waals surface area contributed by atoms with Crippen LogP contribution in [-0.2, 0) is 0 Å². The molecule has 120 valence electrons. The molecule has 0 radical (unpaired) electrons. The quantitative estimate of drug-likeness (QED) is 0.879. The van der Waals surface area contributed by atoms with Gasteiger partial charge in [0.05, 0.1) is 29.2 Å². The lowest BCUT2D eigenvalue weighted by Crippen LogP contribution is -2.16. The van der Waals surface area contributed by atoms with E-state index in [9.17, 15) is 9.59 Å². The molecule has 23 heavy (non-hydrogen) atoms. The minimum absolute atomic E-state index is 0.0476. The summed E-state index contributed by atoms with van der Waals surface area (Å²) in [5, 5.41) is 11.7. The first-order chi connectivity index (χ1) is 10.9. The zero-order valence-corrected chi connectivity index (χ0v) is 13.0. The van der Waals surface area contributed by atoms with Gasteiger partial charge in [-0.05, 0) is 39.0 Å². The van der Waals surface area contributed by atoms with Gasteiger partial charge in [-0.25, -0.2) is 9.78 Å². The van der Waals surface area contributed by atoms with Crippen molar-refractivity contribution >= 4 is 17.6 Å². The number of aromatic carboxylic acids is 1. The molecule has 0 saturated heterocycles. The highest BCUT2D eigenvalue weighted by molar-refractivity contribution is 6.04. The highest BCUT2D eigenvalue weighted by Gasteiger charge is 2.15. The van der Waals surface area contributed by atoms with E-state index in [0.717, 1.165) is 0 Å². The van der Waals surface area contributed by atoms with Gasteiger partial charge < -0.3 is 15.2 Å². The van der Waals surface area contributed by atoms with Crippen molar-refractivity contribution in [2.24, 2.45) is 0 Å². The van der Waals surface area contributed by atoms with Crippen molar-refractivity contribution in [3.8, 4) is 5.75 Å². The van der Waals surface area contributed by atoms with E-state index in [1.54, 1.807) is 6.92 Å². The van der Waals surface area contributed by atoms with Crippen LogP contribution in [0.5, 0.6) is 5.75 Å². The minimum Gasteiger partial charge on any atom is -0.489 e. The highest BCUT2D eigenvalue weighted by Crippen LogP contribution is 2.27. The van der Waals surface area contributed by atoms with E-state index in [2.05, 4.69) is 15.3 Å². The molecule has 7 heteroatoms. The SMILES string of the molecule is Cc1cnc(C(=O)Nc2cc(C(=O)O)ccc2OC(C)C)cn1. The average molecular weight is 315 g/mol. The van der Waals surface area contributed by atoms with Crippen LogP contribution in [0.4, 0.5) is 5.69 Å². The third-order valence-electron chi connectivity index (χ3n) is 2.85. The summed E-state index contributed by atoms with van der Waals surface area (Å²) in [6.07, 6.45) is 2.71. The van der Waals surface area contributed by atoms with Gasteiger partial charge >= 0.3 is 5.97 Å². The molecule has 0 bridgehead atoms. The molecule has 0 aliphatic heterocycles. The average Bonchev–Trinajstić information content (AvgIpc) is 2.49. The Labute approximate surface area is 133 Å². The second kappa shape index (κ2) is 6.87. The van der Waals surface area contributed by atoms with Gasteiger partial charge in [-0.2, -0.15) is 0 Å². The summed E-state index contributed by atoms with van der Waals surface area (Å²) in [6.45, 7) is 5.43. The van der Waals surface area contributed by atoms with Gasteiger partial charge in [-0.15, -0.1) is 0 Å². The Morgan fingerprint density at radius 1 is 1.22 bits per heavy atom. The van der Waals surface area contributed by atoms with Gasteiger partial charge in [0.15, 0.2) is 0 Å². The fourth-order valence-electron chi connectivity index (χ4n) is 1.81. The number of rotatable bonds is 5. The van der Waals surface area contributed by atoms with Crippen LogP contribution in [0.3, 0.4) is 0 Å². The normalized spacial score (nSPS) is 10.4. The lowest BCUT2D eigenvalue weighted by Gasteiger charge is -2.15. The minimum atomic E-state index is -1.09. The zero-order valence-electron chi connectivity index (χ0n) is 13.0. The van der Waals surface area contributed by atoms with E-state index < -0.39 is 11.9 Å². The number of carboxylic acid groups (broad SMARTS) is 1.